The summed E-state index contributed by atoms with van der Waals surface area (Å²) in [6.45, 7) is 9.66. The predicted octanol–water partition coefficient (Wildman–Crippen LogP) is 8.25. The van der Waals surface area contributed by atoms with Crippen LogP contribution in [0.4, 0.5) is 0 Å². The first-order valence-electron chi connectivity index (χ1n) is 11.8. The van der Waals surface area contributed by atoms with Crippen molar-refractivity contribution in [3.05, 3.63) is 29.8 Å². The van der Waals surface area contributed by atoms with Gasteiger partial charge in [-0.05, 0) is 48.2 Å². The van der Waals surface area contributed by atoms with Crippen LogP contribution >= 0.6 is 12.2 Å². The van der Waals surface area contributed by atoms with Crippen LogP contribution in [0.3, 0.4) is 0 Å². The van der Waals surface area contributed by atoms with Crippen molar-refractivity contribution in [3.63, 3.8) is 0 Å². The van der Waals surface area contributed by atoms with Crippen LogP contribution in [0.25, 0.3) is 0 Å². The standard InChI is InChI=1S/C26H44O2S/c1-5-6-7-8-9-10-11-12-13-14-15-20-28-25(29)24(26(2,3)4)21-22-16-18-23(27)19-17-22/h16-19,24,27H,5-15,20-21H2,1-4H3. The van der Waals surface area contributed by atoms with Crippen molar-refractivity contribution in [1.29, 1.82) is 0 Å². The Morgan fingerprint density at radius 2 is 1.34 bits per heavy atom. The van der Waals surface area contributed by atoms with E-state index in [0.717, 1.165) is 24.5 Å². The molecule has 0 aliphatic carbocycles. The fourth-order valence-corrected chi connectivity index (χ4v) is 4.17. The van der Waals surface area contributed by atoms with Crippen molar-refractivity contribution in [1.82, 2.24) is 0 Å². The normalized spacial score (nSPS) is 12.7. The van der Waals surface area contributed by atoms with Gasteiger partial charge in [-0.25, -0.2) is 0 Å². The molecule has 1 aromatic carbocycles. The Bertz CT molecular complexity index is 545. The second kappa shape index (κ2) is 14.8. The molecule has 0 spiro atoms. The van der Waals surface area contributed by atoms with Gasteiger partial charge in [0.05, 0.1) is 6.61 Å². The number of phenolic OH excluding ortho intramolecular Hbond substituents is 1. The maximum Gasteiger partial charge on any atom is 0.163 e. The van der Waals surface area contributed by atoms with Crippen molar-refractivity contribution >= 4 is 17.3 Å². The van der Waals surface area contributed by atoms with E-state index in [-0.39, 0.29) is 11.3 Å². The largest absolute Gasteiger partial charge is 0.508 e. The number of thiocarbonyl (C=S) groups is 1. The third kappa shape index (κ3) is 12.3. The number of benzene rings is 1. The van der Waals surface area contributed by atoms with Gasteiger partial charge < -0.3 is 9.84 Å². The van der Waals surface area contributed by atoms with Gasteiger partial charge in [-0.2, -0.15) is 0 Å². The average Bonchev–Trinajstić information content (AvgIpc) is 2.67. The van der Waals surface area contributed by atoms with Gasteiger partial charge in [-0.15, -0.1) is 0 Å². The molecule has 0 aliphatic rings. The van der Waals surface area contributed by atoms with E-state index in [9.17, 15) is 5.11 Å². The zero-order valence-electron chi connectivity index (χ0n) is 19.3. The highest BCUT2D eigenvalue weighted by Gasteiger charge is 2.29. The number of rotatable bonds is 15. The van der Waals surface area contributed by atoms with Crippen molar-refractivity contribution < 1.29 is 9.84 Å². The van der Waals surface area contributed by atoms with E-state index in [1.54, 1.807) is 12.1 Å². The van der Waals surface area contributed by atoms with Gasteiger partial charge in [-0.3, -0.25) is 0 Å². The van der Waals surface area contributed by atoms with Crippen LogP contribution in [0.1, 0.15) is 104 Å². The first-order valence-corrected chi connectivity index (χ1v) is 12.2. The molecule has 0 bridgehead atoms. The first kappa shape index (κ1) is 25.9. The molecule has 1 unspecified atom stereocenters. The van der Waals surface area contributed by atoms with Gasteiger partial charge in [0.2, 0.25) is 0 Å². The molecule has 2 nitrogen and oxygen atoms in total. The van der Waals surface area contributed by atoms with E-state index < -0.39 is 0 Å². The van der Waals surface area contributed by atoms with Crippen LogP contribution in [0.5, 0.6) is 5.75 Å². The van der Waals surface area contributed by atoms with Crippen LogP contribution in [0.2, 0.25) is 0 Å². The van der Waals surface area contributed by atoms with Gasteiger partial charge in [0.15, 0.2) is 5.05 Å². The topological polar surface area (TPSA) is 29.5 Å². The van der Waals surface area contributed by atoms with Crippen LogP contribution in [0.15, 0.2) is 24.3 Å². The molecule has 0 saturated heterocycles. The number of hydrogen-bond acceptors (Lipinski definition) is 3. The van der Waals surface area contributed by atoms with Crippen molar-refractivity contribution in [2.24, 2.45) is 11.3 Å². The molecule has 0 aliphatic heterocycles. The zero-order chi connectivity index (χ0) is 21.5. The Hall–Kier alpha value is -1.09. The first-order chi connectivity index (χ1) is 13.8. The minimum absolute atomic E-state index is 0.0477. The molecule has 29 heavy (non-hydrogen) atoms. The lowest BCUT2D eigenvalue weighted by Crippen LogP contribution is -2.31. The molecule has 0 heterocycles. The Kier molecular flexibility index (Phi) is 13.3. The monoisotopic (exact) mass is 420 g/mol. The Morgan fingerprint density at radius 3 is 1.83 bits per heavy atom. The Morgan fingerprint density at radius 1 is 0.862 bits per heavy atom. The highest BCUT2D eigenvalue weighted by molar-refractivity contribution is 7.80. The summed E-state index contributed by atoms with van der Waals surface area (Å²) in [6, 6.07) is 7.43. The number of aromatic hydroxyl groups is 1. The summed E-state index contributed by atoms with van der Waals surface area (Å²) in [6.07, 6.45) is 15.6. The highest BCUT2D eigenvalue weighted by atomic mass is 32.1. The summed E-state index contributed by atoms with van der Waals surface area (Å²) < 4.78 is 5.99. The molecule has 1 atom stereocenters. The van der Waals surface area contributed by atoms with E-state index in [0.29, 0.717) is 5.75 Å². The van der Waals surface area contributed by atoms with Crippen LogP contribution in [0, 0.1) is 11.3 Å². The summed E-state index contributed by atoms with van der Waals surface area (Å²) in [5.41, 5.74) is 1.23. The minimum atomic E-state index is 0.0477. The highest BCUT2D eigenvalue weighted by Crippen LogP contribution is 2.31. The van der Waals surface area contributed by atoms with Gasteiger partial charge in [0.1, 0.15) is 5.75 Å². The van der Waals surface area contributed by atoms with E-state index >= 15 is 0 Å². The molecule has 0 amide bonds. The quantitative estimate of drug-likeness (QED) is 0.229. The van der Waals surface area contributed by atoms with E-state index in [2.05, 4.69) is 27.7 Å². The molecule has 0 radical (unpaired) electrons. The number of hydrogen-bond donors (Lipinski definition) is 1. The van der Waals surface area contributed by atoms with Crippen molar-refractivity contribution in [2.45, 2.75) is 105 Å². The third-order valence-electron chi connectivity index (χ3n) is 5.70. The van der Waals surface area contributed by atoms with Crippen LogP contribution in [-0.4, -0.2) is 16.8 Å². The van der Waals surface area contributed by atoms with Gasteiger partial charge >= 0.3 is 0 Å². The summed E-state index contributed by atoms with van der Waals surface area (Å²) in [5.74, 6) is 0.492. The Labute approximate surface area is 185 Å². The molecule has 1 aromatic rings. The van der Waals surface area contributed by atoms with E-state index in [4.69, 9.17) is 17.0 Å². The maximum atomic E-state index is 9.49. The van der Waals surface area contributed by atoms with Crippen LogP contribution < -0.4 is 0 Å². The number of phenols is 1. The summed E-state index contributed by atoms with van der Waals surface area (Å²) in [4.78, 5) is 0. The molecule has 1 N–H and O–H groups in total. The van der Waals surface area contributed by atoms with Gasteiger partial charge in [0.25, 0.3) is 0 Å². The number of ether oxygens (including phenoxy) is 1. The molecule has 166 valence electrons. The molecular weight excluding hydrogens is 376 g/mol. The van der Waals surface area contributed by atoms with Gasteiger partial charge in [-0.1, -0.05) is 104 Å². The second-order valence-corrected chi connectivity index (χ2v) is 9.89. The molecule has 0 fully saturated rings. The lowest BCUT2D eigenvalue weighted by atomic mass is 9.77. The van der Waals surface area contributed by atoms with E-state index in [1.165, 1.54) is 69.8 Å². The smallest absolute Gasteiger partial charge is 0.163 e. The molecule has 0 saturated carbocycles. The summed E-state index contributed by atoms with van der Waals surface area (Å²) >= 11 is 5.66. The van der Waals surface area contributed by atoms with Crippen molar-refractivity contribution in [2.75, 3.05) is 6.61 Å². The van der Waals surface area contributed by atoms with E-state index in [1.807, 2.05) is 12.1 Å². The van der Waals surface area contributed by atoms with Crippen molar-refractivity contribution in [3.8, 4) is 5.75 Å². The molecular formula is C26H44O2S. The second-order valence-electron chi connectivity index (χ2n) is 9.49. The molecule has 0 aromatic heterocycles. The lowest BCUT2D eigenvalue weighted by Gasteiger charge is -2.31. The fraction of sp³-hybridized carbons (Fsp3) is 0.731. The third-order valence-corrected chi connectivity index (χ3v) is 6.10. The summed E-state index contributed by atoms with van der Waals surface area (Å²) in [5, 5.41) is 10.2. The fourth-order valence-electron chi connectivity index (χ4n) is 3.65. The van der Waals surface area contributed by atoms with Gasteiger partial charge in [0, 0.05) is 5.92 Å². The SMILES string of the molecule is CCCCCCCCCCCCCOC(=S)C(Cc1ccc(O)cc1)C(C)(C)C. The Balaban J connectivity index is 2.19. The molecule has 3 heteroatoms. The lowest BCUT2D eigenvalue weighted by molar-refractivity contribution is 0.227. The maximum absolute atomic E-state index is 9.49. The zero-order valence-corrected chi connectivity index (χ0v) is 20.2. The minimum Gasteiger partial charge on any atom is -0.508 e. The average molecular weight is 421 g/mol. The van der Waals surface area contributed by atoms with Crippen LogP contribution in [-0.2, 0) is 11.2 Å². The summed E-state index contributed by atoms with van der Waals surface area (Å²) in [7, 11) is 0. The number of unbranched alkanes of at least 4 members (excludes halogenated alkanes) is 10. The molecule has 1 rings (SSSR count). The predicted molar refractivity (Wildman–Crippen MR) is 130 cm³/mol.